The zero-order chi connectivity index (χ0) is 8.23. The van der Waals surface area contributed by atoms with Gasteiger partial charge in [0.2, 0.25) is 6.29 Å². The lowest BCUT2D eigenvalue weighted by molar-refractivity contribution is -0.0422. The van der Waals surface area contributed by atoms with Crippen LogP contribution < -0.4 is 0 Å². The van der Waals surface area contributed by atoms with E-state index in [0.717, 1.165) is 12.3 Å². The van der Waals surface area contributed by atoms with E-state index in [9.17, 15) is 0 Å². The number of rotatable bonds is 2. The number of ether oxygens (including phenoxy) is 2. The van der Waals surface area contributed by atoms with Crippen LogP contribution in [-0.4, -0.2) is 6.29 Å². The first-order valence-electron chi connectivity index (χ1n) is 4.91. The summed E-state index contributed by atoms with van der Waals surface area (Å²) in [5, 5.41) is 0. The predicted octanol–water partition coefficient (Wildman–Crippen LogP) is 2.80. The maximum atomic E-state index is 5.25. The van der Waals surface area contributed by atoms with Gasteiger partial charge in [0, 0.05) is 6.42 Å². The molecule has 0 atom stereocenters. The average Bonchev–Trinajstić information content (AvgIpc) is 2.59. The summed E-state index contributed by atoms with van der Waals surface area (Å²) in [6, 6.07) is 0. The molecular weight excluding hydrogens is 152 g/mol. The second kappa shape index (κ2) is 3.83. The van der Waals surface area contributed by atoms with Crippen LogP contribution in [0.15, 0.2) is 12.5 Å². The summed E-state index contributed by atoms with van der Waals surface area (Å²) in [5.74, 6) is 0.837. The van der Waals surface area contributed by atoms with Crippen LogP contribution in [0.3, 0.4) is 0 Å². The second-order valence-corrected chi connectivity index (χ2v) is 3.71. The van der Waals surface area contributed by atoms with Crippen LogP contribution in [0.5, 0.6) is 0 Å². The van der Waals surface area contributed by atoms with E-state index >= 15 is 0 Å². The molecule has 0 unspecified atom stereocenters. The minimum absolute atomic E-state index is 0.0214. The molecule has 0 spiro atoms. The third kappa shape index (κ3) is 1.93. The van der Waals surface area contributed by atoms with Crippen molar-refractivity contribution in [2.24, 2.45) is 5.92 Å². The first kappa shape index (κ1) is 7.96. The number of hydrogen-bond donors (Lipinski definition) is 0. The van der Waals surface area contributed by atoms with E-state index in [1.54, 1.807) is 12.5 Å². The van der Waals surface area contributed by atoms with E-state index in [-0.39, 0.29) is 6.29 Å². The summed E-state index contributed by atoms with van der Waals surface area (Å²) >= 11 is 0. The van der Waals surface area contributed by atoms with Crippen LogP contribution >= 0.6 is 0 Å². The van der Waals surface area contributed by atoms with E-state index in [2.05, 4.69) is 0 Å². The molecule has 2 aliphatic rings. The van der Waals surface area contributed by atoms with Crippen LogP contribution in [-0.2, 0) is 9.47 Å². The van der Waals surface area contributed by atoms with Crippen LogP contribution in [0.4, 0.5) is 0 Å². The summed E-state index contributed by atoms with van der Waals surface area (Å²) in [4.78, 5) is 0. The highest BCUT2D eigenvalue weighted by molar-refractivity contribution is 4.74. The van der Waals surface area contributed by atoms with Crippen molar-refractivity contribution in [3.05, 3.63) is 12.5 Å². The molecule has 2 rings (SSSR count). The van der Waals surface area contributed by atoms with Gasteiger partial charge in [-0.1, -0.05) is 32.1 Å². The van der Waals surface area contributed by atoms with Crippen molar-refractivity contribution in [3.63, 3.8) is 0 Å². The summed E-state index contributed by atoms with van der Waals surface area (Å²) in [6.07, 6.45) is 11.3. The van der Waals surface area contributed by atoms with Crippen LogP contribution in [0.1, 0.15) is 38.5 Å². The molecule has 0 radical (unpaired) electrons. The average molecular weight is 168 g/mol. The largest absolute Gasteiger partial charge is 0.459 e. The van der Waals surface area contributed by atoms with Gasteiger partial charge in [0.05, 0.1) is 0 Å². The predicted molar refractivity (Wildman–Crippen MR) is 46.3 cm³/mol. The molecule has 1 aliphatic heterocycles. The molecule has 2 nitrogen and oxygen atoms in total. The molecular formula is C10H16O2. The van der Waals surface area contributed by atoms with Gasteiger partial charge in [-0.15, -0.1) is 0 Å². The zero-order valence-corrected chi connectivity index (χ0v) is 7.37. The Labute approximate surface area is 73.5 Å². The van der Waals surface area contributed by atoms with E-state index in [1.807, 2.05) is 0 Å². The van der Waals surface area contributed by atoms with Gasteiger partial charge >= 0.3 is 0 Å². The summed E-state index contributed by atoms with van der Waals surface area (Å²) in [5.41, 5.74) is 0. The zero-order valence-electron chi connectivity index (χ0n) is 7.37. The highest BCUT2D eigenvalue weighted by Gasteiger charge is 2.21. The normalized spacial score (nSPS) is 25.3. The molecule has 0 bridgehead atoms. The van der Waals surface area contributed by atoms with Crippen molar-refractivity contribution in [3.8, 4) is 0 Å². The maximum absolute atomic E-state index is 5.25. The van der Waals surface area contributed by atoms with Gasteiger partial charge in [0.25, 0.3) is 0 Å². The Hall–Kier alpha value is -0.660. The number of hydrogen-bond acceptors (Lipinski definition) is 2. The van der Waals surface area contributed by atoms with E-state index in [0.29, 0.717) is 0 Å². The van der Waals surface area contributed by atoms with E-state index < -0.39 is 0 Å². The molecule has 12 heavy (non-hydrogen) atoms. The smallest absolute Gasteiger partial charge is 0.239 e. The minimum atomic E-state index is 0.0214. The Morgan fingerprint density at radius 1 is 1.00 bits per heavy atom. The van der Waals surface area contributed by atoms with Crippen LogP contribution in [0.25, 0.3) is 0 Å². The van der Waals surface area contributed by atoms with Crippen molar-refractivity contribution in [2.45, 2.75) is 44.8 Å². The Morgan fingerprint density at radius 3 is 2.33 bits per heavy atom. The Morgan fingerprint density at radius 2 is 1.67 bits per heavy atom. The highest BCUT2D eigenvalue weighted by Crippen LogP contribution is 2.29. The lowest BCUT2D eigenvalue weighted by Crippen LogP contribution is -2.16. The molecule has 1 saturated carbocycles. The SMILES string of the molecule is C1=COC(CC2CCCCC2)O1. The van der Waals surface area contributed by atoms with Gasteiger partial charge in [0.1, 0.15) is 12.5 Å². The third-order valence-electron chi connectivity index (χ3n) is 2.77. The van der Waals surface area contributed by atoms with Crippen molar-refractivity contribution in [2.75, 3.05) is 0 Å². The van der Waals surface area contributed by atoms with Crippen molar-refractivity contribution < 1.29 is 9.47 Å². The van der Waals surface area contributed by atoms with Gasteiger partial charge in [-0.25, -0.2) is 0 Å². The van der Waals surface area contributed by atoms with Crippen molar-refractivity contribution >= 4 is 0 Å². The molecule has 0 aromatic carbocycles. The first-order chi connectivity index (χ1) is 5.95. The van der Waals surface area contributed by atoms with Crippen molar-refractivity contribution in [1.29, 1.82) is 0 Å². The molecule has 0 aromatic rings. The maximum Gasteiger partial charge on any atom is 0.239 e. The molecule has 2 heteroatoms. The van der Waals surface area contributed by atoms with E-state index in [4.69, 9.17) is 9.47 Å². The van der Waals surface area contributed by atoms with Crippen LogP contribution in [0.2, 0.25) is 0 Å². The summed E-state index contributed by atoms with van der Waals surface area (Å²) in [6.45, 7) is 0. The highest BCUT2D eigenvalue weighted by atomic mass is 16.7. The molecule has 1 heterocycles. The Bertz CT molecular complexity index is 151. The monoisotopic (exact) mass is 168 g/mol. The fraction of sp³-hybridized carbons (Fsp3) is 0.800. The summed E-state index contributed by atoms with van der Waals surface area (Å²) < 4.78 is 10.5. The molecule has 1 fully saturated rings. The fourth-order valence-electron chi connectivity index (χ4n) is 2.08. The van der Waals surface area contributed by atoms with Crippen LogP contribution in [0, 0.1) is 5.92 Å². The quantitative estimate of drug-likeness (QED) is 0.631. The van der Waals surface area contributed by atoms with Gasteiger partial charge in [-0.2, -0.15) is 0 Å². The fourth-order valence-corrected chi connectivity index (χ4v) is 2.08. The molecule has 68 valence electrons. The molecule has 0 saturated heterocycles. The van der Waals surface area contributed by atoms with Gasteiger partial charge in [0.15, 0.2) is 0 Å². The Balaban J connectivity index is 1.70. The molecule has 0 amide bonds. The summed E-state index contributed by atoms with van der Waals surface area (Å²) in [7, 11) is 0. The molecule has 1 aliphatic carbocycles. The second-order valence-electron chi connectivity index (χ2n) is 3.71. The molecule has 0 aromatic heterocycles. The minimum Gasteiger partial charge on any atom is -0.459 e. The third-order valence-corrected chi connectivity index (χ3v) is 2.77. The first-order valence-corrected chi connectivity index (χ1v) is 4.91. The van der Waals surface area contributed by atoms with E-state index in [1.165, 1.54) is 32.1 Å². The molecule has 0 N–H and O–H groups in total. The van der Waals surface area contributed by atoms with Gasteiger partial charge < -0.3 is 9.47 Å². The standard InChI is InChI=1S/C10H16O2/c1-2-4-9(5-3-1)8-10-11-6-7-12-10/h6-7,9-10H,1-5,8H2. The lowest BCUT2D eigenvalue weighted by Gasteiger charge is -2.23. The lowest BCUT2D eigenvalue weighted by atomic mass is 9.87. The van der Waals surface area contributed by atoms with Gasteiger partial charge in [-0.3, -0.25) is 0 Å². The topological polar surface area (TPSA) is 18.5 Å². The van der Waals surface area contributed by atoms with Gasteiger partial charge in [-0.05, 0) is 5.92 Å². The van der Waals surface area contributed by atoms with Crippen molar-refractivity contribution in [1.82, 2.24) is 0 Å². The Kier molecular flexibility index (Phi) is 2.54.